The second kappa shape index (κ2) is 5.59. The highest BCUT2D eigenvalue weighted by Gasteiger charge is 2.28. The van der Waals surface area contributed by atoms with Gasteiger partial charge in [-0.05, 0) is 24.5 Å². The number of anilines is 1. The molecule has 2 rings (SSSR count). The minimum absolute atomic E-state index is 0.0432. The molecule has 0 spiro atoms. The van der Waals surface area contributed by atoms with Crippen molar-refractivity contribution >= 4 is 23.2 Å². The van der Waals surface area contributed by atoms with Crippen LogP contribution in [0.25, 0.3) is 0 Å². The van der Waals surface area contributed by atoms with Gasteiger partial charge in [0.1, 0.15) is 5.75 Å². The van der Waals surface area contributed by atoms with Crippen LogP contribution in [-0.4, -0.2) is 24.2 Å². The highest BCUT2D eigenvalue weighted by Crippen LogP contribution is 2.28. The summed E-state index contributed by atoms with van der Waals surface area (Å²) >= 11 is 5.95. The number of benzene rings is 1. The number of halogens is 1. The molecule has 1 aliphatic rings. The number of ether oxygens (including phenoxy) is 1. The zero-order valence-corrected chi connectivity index (χ0v) is 10.9. The average molecular weight is 270 g/mol. The van der Waals surface area contributed by atoms with Crippen LogP contribution in [-0.2, 0) is 9.53 Å². The number of carbonyl (C=O) groups is 1. The molecule has 2 unspecified atom stereocenters. The summed E-state index contributed by atoms with van der Waals surface area (Å²) in [5.41, 5.74) is 0.526. The van der Waals surface area contributed by atoms with Crippen molar-refractivity contribution < 1.29 is 14.6 Å². The van der Waals surface area contributed by atoms with Crippen molar-refractivity contribution in [3.05, 3.63) is 23.2 Å². The number of amides is 1. The Morgan fingerprint density at radius 3 is 3.00 bits per heavy atom. The Labute approximate surface area is 111 Å². The SMILES string of the molecule is CC1COCCC1C(=O)Nc1ccc(O)cc1Cl. The van der Waals surface area contributed by atoms with E-state index in [1.165, 1.54) is 12.1 Å². The molecule has 5 heteroatoms. The largest absolute Gasteiger partial charge is 0.508 e. The number of aromatic hydroxyl groups is 1. The molecule has 0 aliphatic carbocycles. The molecule has 4 nitrogen and oxygen atoms in total. The van der Waals surface area contributed by atoms with Gasteiger partial charge in [-0.15, -0.1) is 0 Å². The van der Waals surface area contributed by atoms with Crippen molar-refractivity contribution in [2.45, 2.75) is 13.3 Å². The molecular weight excluding hydrogens is 254 g/mol. The van der Waals surface area contributed by atoms with Crippen molar-refractivity contribution in [1.82, 2.24) is 0 Å². The lowest BCUT2D eigenvalue weighted by Crippen LogP contribution is -2.35. The number of phenolic OH excluding ortho intramolecular Hbond substituents is 1. The maximum atomic E-state index is 12.1. The van der Waals surface area contributed by atoms with Crippen LogP contribution in [0.4, 0.5) is 5.69 Å². The van der Waals surface area contributed by atoms with Gasteiger partial charge < -0.3 is 15.2 Å². The molecule has 2 atom stereocenters. The number of hydrogen-bond donors (Lipinski definition) is 2. The Bertz CT molecular complexity index is 450. The number of nitrogens with one attached hydrogen (secondary N) is 1. The summed E-state index contributed by atoms with van der Waals surface area (Å²) in [6.45, 7) is 3.23. The topological polar surface area (TPSA) is 58.6 Å². The zero-order chi connectivity index (χ0) is 13.1. The fourth-order valence-electron chi connectivity index (χ4n) is 2.10. The van der Waals surface area contributed by atoms with Gasteiger partial charge in [0.15, 0.2) is 0 Å². The van der Waals surface area contributed by atoms with Gasteiger partial charge in [-0.3, -0.25) is 4.79 Å². The van der Waals surface area contributed by atoms with Crippen LogP contribution in [0.15, 0.2) is 18.2 Å². The summed E-state index contributed by atoms with van der Waals surface area (Å²) in [4.78, 5) is 12.1. The zero-order valence-electron chi connectivity index (χ0n) is 10.1. The van der Waals surface area contributed by atoms with Gasteiger partial charge in [-0.25, -0.2) is 0 Å². The van der Waals surface area contributed by atoms with Crippen LogP contribution in [0.5, 0.6) is 5.75 Å². The van der Waals surface area contributed by atoms with Gasteiger partial charge in [0, 0.05) is 25.2 Å². The summed E-state index contributed by atoms with van der Waals surface area (Å²) in [7, 11) is 0. The van der Waals surface area contributed by atoms with Crippen LogP contribution >= 0.6 is 11.6 Å². The highest BCUT2D eigenvalue weighted by atomic mass is 35.5. The molecule has 2 N–H and O–H groups in total. The van der Waals surface area contributed by atoms with Gasteiger partial charge in [-0.2, -0.15) is 0 Å². The Morgan fingerprint density at radius 1 is 1.56 bits per heavy atom. The molecule has 1 amide bonds. The smallest absolute Gasteiger partial charge is 0.227 e. The van der Waals surface area contributed by atoms with Crippen LogP contribution in [0.2, 0.25) is 5.02 Å². The Morgan fingerprint density at radius 2 is 2.33 bits per heavy atom. The molecule has 0 saturated carbocycles. The second-order valence-electron chi connectivity index (χ2n) is 4.60. The van der Waals surface area contributed by atoms with Crippen LogP contribution in [0.1, 0.15) is 13.3 Å². The Balaban J connectivity index is 2.06. The summed E-state index contributed by atoms with van der Waals surface area (Å²) in [6, 6.07) is 4.50. The third kappa shape index (κ3) is 2.94. The summed E-state index contributed by atoms with van der Waals surface area (Å²) < 4.78 is 5.31. The molecule has 0 bridgehead atoms. The number of phenols is 1. The molecule has 1 heterocycles. The molecule has 18 heavy (non-hydrogen) atoms. The van der Waals surface area contributed by atoms with Gasteiger partial charge >= 0.3 is 0 Å². The molecular formula is C13H16ClNO3. The molecule has 0 radical (unpaired) electrons. The summed E-state index contributed by atoms with van der Waals surface area (Å²) in [6.07, 6.45) is 0.725. The van der Waals surface area contributed by atoms with E-state index in [9.17, 15) is 9.90 Å². The fourth-order valence-corrected chi connectivity index (χ4v) is 2.32. The monoisotopic (exact) mass is 269 g/mol. The predicted octanol–water partition coefficient (Wildman–Crippen LogP) is 2.66. The standard InChI is InChI=1S/C13H16ClNO3/c1-8-7-18-5-4-10(8)13(17)15-12-3-2-9(16)6-11(12)14/h2-3,6,8,10,16H,4-5,7H2,1H3,(H,15,17). The molecule has 1 aromatic rings. The molecule has 98 valence electrons. The maximum Gasteiger partial charge on any atom is 0.227 e. The average Bonchev–Trinajstić information content (AvgIpc) is 2.33. The molecule has 1 aromatic carbocycles. The van der Waals surface area contributed by atoms with Crippen LogP contribution in [0, 0.1) is 11.8 Å². The third-order valence-electron chi connectivity index (χ3n) is 3.19. The van der Waals surface area contributed by atoms with Gasteiger partial charge in [-0.1, -0.05) is 18.5 Å². The summed E-state index contributed by atoms with van der Waals surface area (Å²) in [5, 5.41) is 12.4. The van der Waals surface area contributed by atoms with E-state index in [0.717, 1.165) is 6.42 Å². The van der Waals surface area contributed by atoms with E-state index in [1.807, 2.05) is 6.92 Å². The molecule has 1 saturated heterocycles. The normalized spacial score (nSPS) is 23.7. The third-order valence-corrected chi connectivity index (χ3v) is 3.50. The van der Waals surface area contributed by atoms with E-state index in [2.05, 4.69) is 5.32 Å². The second-order valence-corrected chi connectivity index (χ2v) is 5.01. The maximum absolute atomic E-state index is 12.1. The van der Waals surface area contributed by atoms with E-state index in [1.54, 1.807) is 6.07 Å². The first-order valence-corrected chi connectivity index (χ1v) is 6.33. The van der Waals surface area contributed by atoms with Crippen molar-refractivity contribution in [1.29, 1.82) is 0 Å². The van der Waals surface area contributed by atoms with Gasteiger partial charge in [0.05, 0.1) is 10.7 Å². The van der Waals surface area contributed by atoms with Gasteiger partial charge in [0.25, 0.3) is 0 Å². The van der Waals surface area contributed by atoms with Crippen molar-refractivity contribution in [3.8, 4) is 5.75 Å². The van der Waals surface area contributed by atoms with Crippen LogP contribution in [0.3, 0.4) is 0 Å². The first-order chi connectivity index (χ1) is 8.58. The van der Waals surface area contributed by atoms with E-state index in [-0.39, 0.29) is 23.5 Å². The van der Waals surface area contributed by atoms with Crippen molar-refractivity contribution in [3.63, 3.8) is 0 Å². The van der Waals surface area contributed by atoms with E-state index in [4.69, 9.17) is 16.3 Å². The minimum Gasteiger partial charge on any atom is -0.508 e. The fraction of sp³-hybridized carbons (Fsp3) is 0.462. The summed E-state index contributed by atoms with van der Waals surface area (Å²) in [5.74, 6) is 0.189. The number of hydrogen-bond acceptors (Lipinski definition) is 3. The number of rotatable bonds is 2. The van der Waals surface area contributed by atoms with Crippen molar-refractivity contribution in [2.24, 2.45) is 11.8 Å². The first-order valence-electron chi connectivity index (χ1n) is 5.95. The molecule has 1 aliphatic heterocycles. The van der Waals surface area contributed by atoms with E-state index < -0.39 is 0 Å². The van der Waals surface area contributed by atoms with E-state index >= 15 is 0 Å². The van der Waals surface area contributed by atoms with Gasteiger partial charge in [0.2, 0.25) is 5.91 Å². The quantitative estimate of drug-likeness (QED) is 0.812. The lowest BCUT2D eigenvalue weighted by Gasteiger charge is -2.27. The lowest BCUT2D eigenvalue weighted by atomic mass is 9.89. The molecule has 1 fully saturated rings. The minimum atomic E-state index is -0.0522. The highest BCUT2D eigenvalue weighted by molar-refractivity contribution is 6.33. The lowest BCUT2D eigenvalue weighted by molar-refractivity contribution is -0.125. The Hall–Kier alpha value is -1.26. The first kappa shape index (κ1) is 13.2. The predicted molar refractivity (Wildman–Crippen MR) is 69.8 cm³/mol. The number of carbonyl (C=O) groups excluding carboxylic acids is 1. The Kier molecular flexibility index (Phi) is 4.09. The van der Waals surface area contributed by atoms with Crippen molar-refractivity contribution in [2.75, 3.05) is 18.5 Å². The molecule has 0 aromatic heterocycles. The van der Waals surface area contributed by atoms with Crippen LogP contribution < -0.4 is 5.32 Å². The van der Waals surface area contributed by atoms with E-state index in [0.29, 0.717) is 23.9 Å².